The van der Waals surface area contributed by atoms with Crippen molar-refractivity contribution in [3.8, 4) is 0 Å². The molecule has 1 heterocycles. The third kappa shape index (κ3) is 2.79. The van der Waals surface area contributed by atoms with Crippen LogP contribution in [0, 0.1) is 0 Å². The van der Waals surface area contributed by atoms with Gasteiger partial charge in [-0.3, -0.25) is 9.59 Å². The van der Waals surface area contributed by atoms with E-state index in [1.807, 2.05) is 36.4 Å². The molecule has 1 aromatic heterocycles. The molecular weight excluding hydrogens is 234 g/mol. The lowest BCUT2D eigenvalue weighted by Gasteiger charge is -1.96. The number of Topliss-reactive ketones (excluding diaryl/α,β-unsaturated/α-hetero) is 1. The molecule has 0 unspecified atom stereocenters. The van der Waals surface area contributed by atoms with Crippen molar-refractivity contribution >= 4 is 23.0 Å². The first-order valence-electron chi connectivity index (χ1n) is 5.13. The Bertz CT molecular complexity index is 546. The molecule has 2 rings (SSSR count). The highest BCUT2D eigenvalue weighted by Gasteiger charge is 2.14. The summed E-state index contributed by atoms with van der Waals surface area (Å²) in [7, 11) is 0. The maximum Gasteiger partial charge on any atom is 0.290 e. The van der Waals surface area contributed by atoms with Crippen LogP contribution in [0.3, 0.4) is 0 Å². The molecule has 1 amide bonds. The minimum absolute atomic E-state index is 0.406. The number of primary amides is 1. The largest absolute Gasteiger partial charge is 0.363 e. The number of rotatable bonds is 4. The molecule has 17 heavy (non-hydrogen) atoms. The molecule has 0 radical (unpaired) electrons. The summed E-state index contributed by atoms with van der Waals surface area (Å²) >= 11 is 1.31. The van der Waals surface area contributed by atoms with Crippen molar-refractivity contribution in [1.82, 2.24) is 0 Å². The quantitative estimate of drug-likeness (QED) is 0.661. The maximum absolute atomic E-state index is 11.3. The Kier molecular flexibility index (Phi) is 3.35. The predicted molar refractivity (Wildman–Crippen MR) is 67.1 cm³/mol. The zero-order valence-electron chi connectivity index (χ0n) is 9.05. The maximum atomic E-state index is 11.3. The van der Waals surface area contributed by atoms with Gasteiger partial charge in [-0.1, -0.05) is 30.3 Å². The molecule has 0 spiro atoms. The Morgan fingerprint density at radius 2 is 1.76 bits per heavy atom. The van der Waals surface area contributed by atoms with Crippen molar-refractivity contribution in [2.75, 3.05) is 0 Å². The molecule has 1 aromatic carbocycles. The average molecular weight is 245 g/mol. The Hall–Kier alpha value is -1.94. The van der Waals surface area contributed by atoms with Crippen molar-refractivity contribution in [3.63, 3.8) is 0 Å². The van der Waals surface area contributed by atoms with Crippen LogP contribution >= 0.6 is 11.3 Å². The minimum atomic E-state index is -0.905. The van der Waals surface area contributed by atoms with Gasteiger partial charge in [0.05, 0.1) is 4.88 Å². The number of ketones is 1. The van der Waals surface area contributed by atoms with Gasteiger partial charge in [0.1, 0.15) is 0 Å². The predicted octanol–water partition coefficient (Wildman–Crippen LogP) is 2.01. The monoisotopic (exact) mass is 245 g/mol. The van der Waals surface area contributed by atoms with Crippen LogP contribution in [0.5, 0.6) is 0 Å². The first-order chi connectivity index (χ1) is 8.16. The summed E-state index contributed by atoms with van der Waals surface area (Å²) < 4.78 is 0. The van der Waals surface area contributed by atoms with Crippen molar-refractivity contribution in [2.45, 2.75) is 6.42 Å². The topological polar surface area (TPSA) is 60.2 Å². The zero-order chi connectivity index (χ0) is 12.3. The molecule has 0 saturated heterocycles. The van der Waals surface area contributed by atoms with Gasteiger partial charge >= 0.3 is 0 Å². The van der Waals surface area contributed by atoms with Gasteiger partial charge in [-0.2, -0.15) is 0 Å². The summed E-state index contributed by atoms with van der Waals surface area (Å²) in [5.41, 5.74) is 6.12. The standard InChI is InChI=1S/C13H11NO2S/c14-13(16)12(15)11-7-6-10(17-11)8-9-4-2-1-3-5-9/h1-7H,8H2,(H2,14,16). The van der Waals surface area contributed by atoms with Crippen molar-refractivity contribution < 1.29 is 9.59 Å². The molecule has 0 aliphatic carbocycles. The first-order valence-corrected chi connectivity index (χ1v) is 5.95. The van der Waals surface area contributed by atoms with Gasteiger partial charge in [-0.25, -0.2) is 0 Å². The highest BCUT2D eigenvalue weighted by atomic mass is 32.1. The number of nitrogens with two attached hydrogens (primary N) is 1. The molecule has 0 saturated carbocycles. The van der Waals surface area contributed by atoms with E-state index in [1.54, 1.807) is 6.07 Å². The van der Waals surface area contributed by atoms with Gasteiger partial charge in [0.15, 0.2) is 0 Å². The van der Waals surface area contributed by atoms with Gasteiger partial charge < -0.3 is 5.73 Å². The van der Waals surface area contributed by atoms with E-state index in [9.17, 15) is 9.59 Å². The molecule has 0 atom stereocenters. The van der Waals surface area contributed by atoms with Gasteiger partial charge in [0.2, 0.25) is 0 Å². The van der Waals surface area contributed by atoms with E-state index in [1.165, 1.54) is 16.9 Å². The van der Waals surface area contributed by atoms with Crippen LogP contribution in [0.4, 0.5) is 0 Å². The van der Waals surface area contributed by atoms with Crippen LogP contribution in [0.25, 0.3) is 0 Å². The molecule has 0 aliphatic rings. The molecule has 3 nitrogen and oxygen atoms in total. The molecule has 86 valence electrons. The molecule has 0 fully saturated rings. The highest BCUT2D eigenvalue weighted by Crippen LogP contribution is 2.20. The molecule has 2 N–H and O–H groups in total. The minimum Gasteiger partial charge on any atom is -0.363 e. The van der Waals surface area contributed by atoms with Crippen LogP contribution < -0.4 is 5.73 Å². The number of carbonyl (C=O) groups is 2. The van der Waals surface area contributed by atoms with Crippen molar-refractivity contribution in [3.05, 3.63) is 57.8 Å². The van der Waals surface area contributed by atoms with Gasteiger partial charge in [-0.05, 0) is 17.7 Å². The van der Waals surface area contributed by atoms with Gasteiger partial charge in [0.25, 0.3) is 11.7 Å². The fraction of sp³-hybridized carbons (Fsp3) is 0.0769. The Morgan fingerprint density at radius 1 is 1.06 bits per heavy atom. The lowest BCUT2D eigenvalue weighted by molar-refractivity contribution is -0.114. The number of amides is 1. The Morgan fingerprint density at radius 3 is 2.41 bits per heavy atom. The van der Waals surface area contributed by atoms with Crippen LogP contribution in [-0.2, 0) is 11.2 Å². The van der Waals surface area contributed by atoms with Crippen molar-refractivity contribution in [2.24, 2.45) is 5.73 Å². The number of carbonyl (C=O) groups excluding carboxylic acids is 2. The van der Waals surface area contributed by atoms with E-state index in [0.717, 1.165) is 11.3 Å². The Balaban J connectivity index is 2.14. The molecular formula is C13H11NO2S. The second-order valence-corrected chi connectivity index (χ2v) is 4.79. The number of thiophene rings is 1. The third-order valence-corrected chi connectivity index (χ3v) is 3.41. The van der Waals surface area contributed by atoms with E-state index in [4.69, 9.17) is 5.73 Å². The summed E-state index contributed by atoms with van der Waals surface area (Å²) in [6.45, 7) is 0. The smallest absolute Gasteiger partial charge is 0.290 e. The summed E-state index contributed by atoms with van der Waals surface area (Å²) in [6, 6.07) is 13.4. The molecule has 2 aromatic rings. The average Bonchev–Trinajstić information content (AvgIpc) is 2.77. The number of benzene rings is 1. The lowest BCUT2D eigenvalue weighted by atomic mass is 10.1. The van der Waals surface area contributed by atoms with Crippen LogP contribution in [0.15, 0.2) is 42.5 Å². The lowest BCUT2D eigenvalue weighted by Crippen LogP contribution is -2.21. The summed E-state index contributed by atoms with van der Waals surface area (Å²) in [4.78, 5) is 23.5. The molecule has 4 heteroatoms. The second kappa shape index (κ2) is 4.93. The molecule has 0 aliphatic heterocycles. The fourth-order valence-electron chi connectivity index (χ4n) is 1.51. The van der Waals surface area contributed by atoms with Gasteiger partial charge in [0, 0.05) is 11.3 Å². The fourth-order valence-corrected chi connectivity index (χ4v) is 2.50. The van der Waals surface area contributed by atoms with E-state index < -0.39 is 11.7 Å². The van der Waals surface area contributed by atoms with Crippen LogP contribution in [-0.4, -0.2) is 11.7 Å². The highest BCUT2D eigenvalue weighted by molar-refractivity contribution is 7.14. The van der Waals surface area contributed by atoms with Gasteiger partial charge in [-0.15, -0.1) is 11.3 Å². The first kappa shape index (κ1) is 11.5. The van der Waals surface area contributed by atoms with Crippen molar-refractivity contribution in [1.29, 1.82) is 0 Å². The number of hydrogen-bond acceptors (Lipinski definition) is 3. The summed E-state index contributed by atoms with van der Waals surface area (Å²) in [5, 5.41) is 0. The molecule has 0 bridgehead atoms. The van der Waals surface area contributed by atoms with E-state index in [2.05, 4.69) is 0 Å². The zero-order valence-corrected chi connectivity index (χ0v) is 9.87. The van der Waals surface area contributed by atoms with E-state index >= 15 is 0 Å². The third-order valence-electron chi connectivity index (χ3n) is 2.33. The Labute approximate surface area is 103 Å². The SMILES string of the molecule is NC(=O)C(=O)c1ccc(Cc2ccccc2)s1. The summed E-state index contributed by atoms with van der Waals surface area (Å²) in [5.74, 6) is -1.52. The normalized spacial score (nSPS) is 10.1. The van der Waals surface area contributed by atoms with Crippen LogP contribution in [0.2, 0.25) is 0 Å². The van der Waals surface area contributed by atoms with E-state index in [0.29, 0.717) is 4.88 Å². The second-order valence-electron chi connectivity index (χ2n) is 3.62. The van der Waals surface area contributed by atoms with E-state index in [-0.39, 0.29) is 0 Å². The summed E-state index contributed by atoms with van der Waals surface area (Å²) in [6.07, 6.45) is 0.761. The number of hydrogen-bond donors (Lipinski definition) is 1. The van der Waals surface area contributed by atoms with Crippen LogP contribution in [0.1, 0.15) is 20.1 Å².